The van der Waals surface area contributed by atoms with Crippen LogP contribution in [0.2, 0.25) is 0 Å². The van der Waals surface area contributed by atoms with E-state index in [1.807, 2.05) is 0 Å². The first-order valence-corrected chi connectivity index (χ1v) is 5.56. The molecule has 0 spiro atoms. The molecule has 0 radical (unpaired) electrons. The number of carbonyl (C=O) groups is 1. The summed E-state index contributed by atoms with van der Waals surface area (Å²) in [6.07, 6.45) is -12.9. The van der Waals surface area contributed by atoms with Gasteiger partial charge in [-0.05, 0) is 18.6 Å². The highest BCUT2D eigenvalue weighted by Gasteiger charge is 2.74. The maximum absolute atomic E-state index is 12.8. The molecule has 1 rings (SSSR count). The Morgan fingerprint density at radius 1 is 1.00 bits per heavy atom. The van der Waals surface area contributed by atoms with E-state index in [1.165, 1.54) is 30.3 Å². The lowest BCUT2D eigenvalue weighted by Crippen LogP contribution is -2.57. The molecule has 2 nitrogen and oxygen atoms in total. The van der Waals surface area contributed by atoms with Crippen LogP contribution in [-0.2, 0) is 4.79 Å². The average molecular weight is 299 g/mol. The van der Waals surface area contributed by atoms with E-state index >= 15 is 0 Å². The number of amides is 1. The summed E-state index contributed by atoms with van der Waals surface area (Å²) >= 11 is 0. The van der Waals surface area contributed by atoms with Gasteiger partial charge in [-0.3, -0.25) is 4.79 Å². The first kappa shape index (κ1) is 16.3. The quantitative estimate of drug-likeness (QED) is 0.835. The molecule has 0 saturated carbocycles. The lowest BCUT2D eigenvalue weighted by atomic mass is 9.82. The minimum atomic E-state index is -5.74. The van der Waals surface area contributed by atoms with Crippen LogP contribution in [0.3, 0.4) is 0 Å². The molecule has 1 N–H and O–H groups in total. The van der Waals surface area contributed by atoms with Gasteiger partial charge in [-0.2, -0.15) is 26.3 Å². The summed E-state index contributed by atoms with van der Waals surface area (Å²) < 4.78 is 77.1. The van der Waals surface area contributed by atoms with Crippen molar-refractivity contribution in [3.8, 4) is 0 Å². The fourth-order valence-electron chi connectivity index (χ4n) is 1.74. The first-order valence-electron chi connectivity index (χ1n) is 5.56. The molecule has 0 aromatic heterocycles. The van der Waals surface area contributed by atoms with Gasteiger partial charge < -0.3 is 5.32 Å². The van der Waals surface area contributed by atoms with Crippen LogP contribution >= 0.6 is 0 Å². The zero-order valence-corrected chi connectivity index (χ0v) is 10.3. The van der Waals surface area contributed by atoms with Gasteiger partial charge in [0.15, 0.2) is 0 Å². The molecule has 0 atom stereocenters. The van der Waals surface area contributed by atoms with Crippen molar-refractivity contribution in [2.45, 2.75) is 25.7 Å². The fraction of sp³-hybridized carbons (Fsp3) is 0.417. The summed E-state index contributed by atoms with van der Waals surface area (Å²) in [5.41, 5.74) is -4.56. The van der Waals surface area contributed by atoms with Crippen molar-refractivity contribution in [3.05, 3.63) is 30.3 Å². The second-order valence-corrected chi connectivity index (χ2v) is 4.07. The Labute approximate surface area is 110 Å². The summed E-state index contributed by atoms with van der Waals surface area (Å²) in [5, 5.41) is 1.67. The zero-order valence-electron chi connectivity index (χ0n) is 10.3. The van der Waals surface area contributed by atoms with Crippen molar-refractivity contribution in [1.82, 2.24) is 0 Å². The summed E-state index contributed by atoms with van der Waals surface area (Å²) in [5.74, 6) is -2.13. The van der Waals surface area contributed by atoms with Crippen LogP contribution in [0, 0.1) is 5.41 Å². The third kappa shape index (κ3) is 2.73. The smallest absolute Gasteiger partial charge is 0.325 e. The van der Waals surface area contributed by atoms with Crippen LogP contribution in [0.15, 0.2) is 30.3 Å². The Morgan fingerprint density at radius 3 is 1.80 bits per heavy atom. The highest BCUT2D eigenvalue weighted by molar-refractivity contribution is 5.96. The number of halogens is 6. The van der Waals surface area contributed by atoms with Crippen molar-refractivity contribution in [3.63, 3.8) is 0 Å². The van der Waals surface area contributed by atoms with Gasteiger partial charge in [0, 0.05) is 5.69 Å². The second kappa shape index (κ2) is 5.34. The molecule has 112 valence electrons. The van der Waals surface area contributed by atoms with Gasteiger partial charge in [-0.1, -0.05) is 25.1 Å². The first-order chi connectivity index (χ1) is 9.06. The maximum Gasteiger partial charge on any atom is 0.412 e. The average Bonchev–Trinajstić information content (AvgIpc) is 2.27. The van der Waals surface area contributed by atoms with Crippen LogP contribution in [-0.4, -0.2) is 18.3 Å². The molecular formula is C12H11F6NO. The van der Waals surface area contributed by atoms with Gasteiger partial charge in [0.05, 0.1) is 0 Å². The molecule has 0 saturated heterocycles. The molecule has 8 heteroatoms. The molecular weight excluding hydrogens is 288 g/mol. The number of hydrogen-bond acceptors (Lipinski definition) is 1. The third-order valence-electron chi connectivity index (χ3n) is 2.92. The van der Waals surface area contributed by atoms with Gasteiger partial charge in [-0.25, -0.2) is 0 Å². The van der Waals surface area contributed by atoms with E-state index < -0.39 is 30.1 Å². The van der Waals surface area contributed by atoms with Crippen LogP contribution in [0.4, 0.5) is 32.0 Å². The van der Waals surface area contributed by atoms with E-state index in [9.17, 15) is 31.1 Å². The third-order valence-corrected chi connectivity index (χ3v) is 2.92. The lowest BCUT2D eigenvalue weighted by molar-refractivity contribution is -0.324. The molecule has 0 heterocycles. The number of hydrogen-bond donors (Lipinski definition) is 1. The van der Waals surface area contributed by atoms with Gasteiger partial charge in [-0.15, -0.1) is 0 Å². The molecule has 0 aliphatic heterocycles. The Hall–Kier alpha value is -1.73. The normalized spacial score (nSPS) is 13.2. The largest absolute Gasteiger partial charge is 0.412 e. The van der Waals surface area contributed by atoms with E-state index in [-0.39, 0.29) is 5.69 Å². The highest BCUT2D eigenvalue weighted by atomic mass is 19.4. The molecule has 0 fully saturated rings. The number of benzene rings is 1. The van der Waals surface area contributed by atoms with E-state index in [0.29, 0.717) is 6.92 Å². The SMILES string of the molecule is CCC(C(=O)Nc1ccccc1)(C(F)(F)F)C(F)(F)F. The van der Waals surface area contributed by atoms with Crippen molar-refractivity contribution in [2.75, 3.05) is 5.32 Å². The van der Waals surface area contributed by atoms with Gasteiger partial charge in [0.25, 0.3) is 0 Å². The molecule has 20 heavy (non-hydrogen) atoms. The van der Waals surface area contributed by atoms with Gasteiger partial charge >= 0.3 is 12.4 Å². The minimum Gasteiger partial charge on any atom is -0.325 e. The minimum absolute atomic E-state index is 0.135. The van der Waals surface area contributed by atoms with E-state index in [2.05, 4.69) is 0 Å². The molecule has 0 unspecified atom stereocenters. The Kier molecular flexibility index (Phi) is 4.36. The van der Waals surface area contributed by atoms with Crippen molar-refractivity contribution >= 4 is 11.6 Å². The predicted octanol–water partition coefficient (Wildman–Crippen LogP) is 4.15. The maximum atomic E-state index is 12.8. The van der Waals surface area contributed by atoms with Crippen molar-refractivity contribution in [2.24, 2.45) is 5.41 Å². The fourth-order valence-corrected chi connectivity index (χ4v) is 1.74. The summed E-state index contributed by atoms with van der Waals surface area (Å²) in [6.45, 7) is 0.672. The topological polar surface area (TPSA) is 29.1 Å². The van der Waals surface area contributed by atoms with Crippen molar-refractivity contribution in [1.29, 1.82) is 0 Å². The molecule has 1 aromatic rings. The Morgan fingerprint density at radius 2 is 1.45 bits per heavy atom. The number of alkyl halides is 6. The van der Waals surface area contributed by atoms with Crippen LogP contribution in [0.1, 0.15) is 13.3 Å². The standard InChI is InChI=1S/C12H11F6NO/c1-2-10(11(13,14)15,12(16,17)18)9(20)19-8-6-4-3-5-7-8/h3-7H,2H2,1H3,(H,19,20). The monoisotopic (exact) mass is 299 g/mol. The van der Waals surface area contributed by atoms with Crippen LogP contribution < -0.4 is 5.32 Å². The van der Waals surface area contributed by atoms with E-state index in [1.54, 1.807) is 5.32 Å². The number of anilines is 1. The van der Waals surface area contributed by atoms with Gasteiger partial charge in [0.1, 0.15) is 0 Å². The molecule has 1 aromatic carbocycles. The summed E-state index contributed by atoms with van der Waals surface area (Å²) in [4.78, 5) is 11.6. The van der Waals surface area contributed by atoms with E-state index in [4.69, 9.17) is 0 Å². The van der Waals surface area contributed by atoms with E-state index in [0.717, 1.165) is 0 Å². The lowest BCUT2D eigenvalue weighted by Gasteiger charge is -2.34. The van der Waals surface area contributed by atoms with Crippen molar-refractivity contribution < 1.29 is 31.1 Å². The van der Waals surface area contributed by atoms with Crippen LogP contribution in [0.25, 0.3) is 0 Å². The van der Waals surface area contributed by atoms with Crippen LogP contribution in [0.5, 0.6) is 0 Å². The zero-order chi connectivity index (χ0) is 15.6. The number of nitrogens with one attached hydrogen (secondary N) is 1. The summed E-state index contributed by atoms with van der Waals surface area (Å²) in [7, 11) is 0. The Balaban J connectivity index is 3.22. The summed E-state index contributed by atoms with van der Waals surface area (Å²) in [6, 6.07) is 6.67. The molecule has 0 aliphatic rings. The highest BCUT2D eigenvalue weighted by Crippen LogP contribution is 2.53. The molecule has 0 bridgehead atoms. The number of rotatable bonds is 3. The molecule has 1 amide bonds. The number of para-hydroxylation sites is 1. The predicted molar refractivity (Wildman–Crippen MR) is 59.9 cm³/mol. The van der Waals surface area contributed by atoms with Gasteiger partial charge in [0.2, 0.25) is 11.3 Å². The Bertz CT molecular complexity index is 451. The molecule has 0 aliphatic carbocycles. The second-order valence-electron chi connectivity index (χ2n) is 4.07. The number of carbonyl (C=O) groups excluding carboxylic acids is 1.